The lowest BCUT2D eigenvalue weighted by molar-refractivity contribution is 0.0606. The van der Waals surface area contributed by atoms with Crippen molar-refractivity contribution in [1.82, 2.24) is 0 Å². The molecule has 0 aliphatic heterocycles. The molecule has 0 amide bonds. The van der Waals surface area contributed by atoms with Crippen LogP contribution in [0.2, 0.25) is 0 Å². The van der Waals surface area contributed by atoms with Gasteiger partial charge >= 0.3 is 5.97 Å². The second-order valence-electron chi connectivity index (χ2n) is 2.01. The van der Waals surface area contributed by atoms with Crippen LogP contribution in [0.4, 0.5) is 0 Å². The van der Waals surface area contributed by atoms with E-state index in [1.165, 1.54) is 18.4 Å². The van der Waals surface area contributed by atoms with Crippen LogP contribution >= 0.6 is 33.9 Å². The summed E-state index contributed by atoms with van der Waals surface area (Å²) in [5.41, 5.74) is 0. The molecule has 2 nitrogen and oxygen atoms in total. The van der Waals surface area contributed by atoms with Gasteiger partial charge < -0.3 is 4.74 Å². The van der Waals surface area contributed by atoms with E-state index in [0.29, 0.717) is 4.88 Å². The molecule has 0 saturated carbocycles. The van der Waals surface area contributed by atoms with Gasteiger partial charge in [0.05, 0.1) is 7.11 Å². The molecule has 0 spiro atoms. The van der Waals surface area contributed by atoms with Crippen molar-refractivity contribution >= 4 is 39.9 Å². The zero-order valence-corrected chi connectivity index (χ0v) is 9.15. The van der Waals surface area contributed by atoms with E-state index >= 15 is 0 Å². The van der Waals surface area contributed by atoms with Gasteiger partial charge in [-0.05, 0) is 35.6 Å². The molecular weight excluding hydrogens is 275 g/mol. The number of halogens is 1. The summed E-state index contributed by atoms with van der Waals surface area (Å²) in [6, 6.07) is 1.84. The summed E-state index contributed by atoms with van der Waals surface area (Å²) in [5.74, 6) is -0.249. The van der Waals surface area contributed by atoms with Crippen molar-refractivity contribution in [2.75, 3.05) is 7.11 Å². The molecular formula is C7H7IO2S. The van der Waals surface area contributed by atoms with E-state index in [2.05, 4.69) is 27.3 Å². The minimum atomic E-state index is -0.249. The Morgan fingerprint density at radius 3 is 2.73 bits per heavy atom. The summed E-state index contributed by atoms with van der Waals surface area (Å²) in [6.45, 7) is 1.98. The molecule has 0 aromatic carbocycles. The molecule has 0 N–H and O–H groups in total. The van der Waals surface area contributed by atoms with Gasteiger partial charge in [-0.3, -0.25) is 0 Å². The number of rotatable bonds is 1. The van der Waals surface area contributed by atoms with Crippen LogP contribution in [-0.4, -0.2) is 13.1 Å². The molecule has 0 bridgehead atoms. The fraction of sp³-hybridized carbons (Fsp3) is 0.286. The zero-order chi connectivity index (χ0) is 8.43. The highest BCUT2D eigenvalue weighted by atomic mass is 127. The highest BCUT2D eigenvalue weighted by Gasteiger charge is 2.10. The number of carbonyl (C=O) groups is 1. The van der Waals surface area contributed by atoms with E-state index in [0.717, 1.165) is 8.45 Å². The Morgan fingerprint density at radius 2 is 2.36 bits per heavy atom. The summed E-state index contributed by atoms with van der Waals surface area (Å²) >= 11 is 3.66. The molecule has 0 atom stereocenters. The maximum Gasteiger partial charge on any atom is 0.348 e. The quantitative estimate of drug-likeness (QED) is 0.584. The maximum absolute atomic E-state index is 11.0. The molecule has 0 fully saturated rings. The van der Waals surface area contributed by atoms with Gasteiger partial charge in [0.2, 0.25) is 0 Å². The monoisotopic (exact) mass is 282 g/mol. The van der Waals surface area contributed by atoms with Crippen molar-refractivity contribution < 1.29 is 9.53 Å². The van der Waals surface area contributed by atoms with E-state index in [9.17, 15) is 4.79 Å². The third-order valence-corrected chi connectivity index (χ3v) is 3.76. The van der Waals surface area contributed by atoms with Gasteiger partial charge in [-0.15, -0.1) is 11.3 Å². The zero-order valence-electron chi connectivity index (χ0n) is 6.18. The summed E-state index contributed by atoms with van der Waals surface area (Å²) in [5, 5.41) is 0. The van der Waals surface area contributed by atoms with Gasteiger partial charge in [-0.1, -0.05) is 0 Å². The molecule has 0 unspecified atom stereocenters. The summed E-state index contributed by atoms with van der Waals surface area (Å²) in [4.78, 5) is 12.8. The summed E-state index contributed by atoms with van der Waals surface area (Å²) < 4.78 is 5.69. The van der Waals surface area contributed by atoms with E-state index in [1.54, 1.807) is 0 Å². The predicted octanol–water partition coefficient (Wildman–Crippen LogP) is 2.45. The Bertz CT molecular complexity index is 260. The molecule has 1 heterocycles. The Morgan fingerprint density at radius 1 is 1.73 bits per heavy atom. The lowest BCUT2D eigenvalue weighted by atomic mass is 10.4. The number of aryl methyl sites for hydroxylation is 1. The molecule has 1 rings (SSSR count). The van der Waals surface area contributed by atoms with Crippen LogP contribution < -0.4 is 0 Å². The number of methoxy groups -OCH3 is 1. The summed E-state index contributed by atoms with van der Waals surface area (Å²) in [7, 11) is 1.39. The standard InChI is InChI=1S/C7H7IO2S/c1-4-5(8)3-6(11-4)7(9)10-2/h3H,1-2H3. The molecule has 0 aliphatic rings. The van der Waals surface area contributed by atoms with Crippen LogP contribution in [0.1, 0.15) is 14.5 Å². The molecule has 4 heteroatoms. The number of thiophene rings is 1. The van der Waals surface area contributed by atoms with Crippen molar-refractivity contribution in [3.05, 3.63) is 19.4 Å². The van der Waals surface area contributed by atoms with Crippen LogP contribution in [0.5, 0.6) is 0 Å². The van der Waals surface area contributed by atoms with Crippen LogP contribution in [0, 0.1) is 10.5 Å². The molecule has 1 aromatic heterocycles. The molecule has 11 heavy (non-hydrogen) atoms. The number of hydrogen-bond donors (Lipinski definition) is 0. The highest BCUT2D eigenvalue weighted by Crippen LogP contribution is 2.23. The molecule has 0 aliphatic carbocycles. The smallest absolute Gasteiger partial charge is 0.348 e. The first kappa shape index (κ1) is 8.99. The summed E-state index contributed by atoms with van der Waals surface area (Å²) in [6.07, 6.45) is 0. The van der Waals surface area contributed by atoms with Crippen molar-refractivity contribution in [2.24, 2.45) is 0 Å². The van der Waals surface area contributed by atoms with Crippen LogP contribution in [0.3, 0.4) is 0 Å². The third kappa shape index (κ3) is 1.93. The lowest BCUT2D eigenvalue weighted by Crippen LogP contribution is -1.96. The van der Waals surface area contributed by atoms with Gasteiger partial charge in [0.1, 0.15) is 4.88 Å². The first-order chi connectivity index (χ1) is 5.15. The normalized spacial score (nSPS) is 9.73. The van der Waals surface area contributed by atoms with Crippen LogP contribution in [0.25, 0.3) is 0 Å². The predicted molar refractivity (Wildman–Crippen MR) is 53.1 cm³/mol. The van der Waals surface area contributed by atoms with Gasteiger partial charge in [-0.2, -0.15) is 0 Å². The third-order valence-electron chi connectivity index (χ3n) is 1.24. The topological polar surface area (TPSA) is 26.3 Å². The molecule has 1 aromatic rings. The van der Waals surface area contributed by atoms with E-state index < -0.39 is 0 Å². The number of esters is 1. The number of carbonyl (C=O) groups excluding carboxylic acids is 1. The molecule has 60 valence electrons. The Labute approximate surface area is 82.7 Å². The van der Waals surface area contributed by atoms with Gasteiger partial charge in [0, 0.05) is 8.45 Å². The van der Waals surface area contributed by atoms with Gasteiger partial charge in [0.15, 0.2) is 0 Å². The first-order valence-corrected chi connectivity index (χ1v) is 4.89. The second kappa shape index (κ2) is 3.53. The second-order valence-corrected chi connectivity index (χ2v) is 4.42. The van der Waals surface area contributed by atoms with Gasteiger partial charge in [0.25, 0.3) is 0 Å². The SMILES string of the molecule is COC(=O)c1cc(I)c(C)s1. The van der Waals surface area contributed by atoms with Crippen molar-refractivity contribution in [1.29, 1.82) is 0 Å². The fourth-order valence-corrected chi connectivity index (χ4v) is 2.34. The highest BCUT2D eigenvalue weighted by molar-refractivity contribution is 14.1. The fourth-order valence-electron chi connectivity index (χ4n) is 0.661. The molecule has 0 saturated heterocycles. The van der Waals surface area contributed by atoms with E-state index in [-0.39, 0.29) is 5.97 Å². The largest absolute Gasteiger partial charge is 0.465 e. The minimum absolute atomic E-state index is 0.249. The lowest BCUT2D eigenvalue weighted by Gasteiger charge is -1.90. The number of ether oxygens (including phenoxy) is 1. The Kier molecular flexibility index (Phi) is 2.89. The van der Waals surface area contributed by atoms with Gasteiger partial charge in [-0.25, -0.2) is 4.79 Å². The van der Waals surface area contributed by atoms with Crippen LogP contribution in [-0.2, 0) is 4.74 Å². The Hall–Kier alpha value is -0.100. The molecule has 0 radical (unpaired) electrons. The number of hydrogen-bond acceptors (Lipinski definition) is 3. The van der Waals surface area contributed by atoms with Crippen LogP contribution in [0.15, 0.2) is 6.07 Å². The Balaban J connectivity index is 2.97. The average Bonchev–Trinajstić information content (AvgIpc) is 2.31. The van der Waals surface area contributed by atoms with E-state index in [4.69, 9.17) is 0 Å². The van der Waals surface area contributed by atoms with Crippen molar-refractivity contribution in [3.8, 4) is 0 Å². The first-order valence-electron chi connectivity index (χ1n) is 2.99. The van der Waals surface area contributed by atoms with Crippen molar-refractivity contribution in [3.63, 3.8) is 0 Å². The minimum Gasteiger partial charge on any atom is -0.465 e. The van der Waals surface area contributed by atoms with Crippen molar-refractivity contribution in [2.45, 2.75) is 6.92 Å². The average molecular weight is 282 g/mol. The van der Waals surface area contributed by atoms with E-state index in [1.807, 2.05) is 13.0 Å². The maximum atomic E-state index is 11.0.